The van der Waals surface area contributed by atoms with Gasteiger partial charge >= 0.3 is 0 Å². The zero-order valence-electron chi connectivity index (χ0n) is 10.1. The molecule has 98 valence electrons. The molecule has 1 N–H and O–H groups in total. The van der Waals surface area contributed by atoms with Crippen molar-refractivity contribution in [1.82, 2.24) is 5.32 Å². The molecule has 0 radical (unpaired) electrons. The summed E-state index contributed by atoms with van der Waals surface area (Å²) in [6.07, 6.45) is 3.08. The molecule has 1 aliphatic heterocycles. The molecule has 0 saturated carbocycles. The topological polar surface area (TPSA) is 96.3 Å². The number of benzene rings is 1. The molecule has 7 nitrogen and oxygen atoms in total. The summed E-state index contributed by atoms with van der Waals surface area (Å²) >= 11 is 0. The van der Waals surface area contributed by atoms with Crippen molar-refractivity contribution in [3.05, 3.63) is 40.3 Å². The predicted octanol–water partition coefficient (Wildman–Crippen LogP) is 1.85. The smallest absolute Gasteiger partial charge is 0.243 e. The van der Waals surface area contributed by atoms with Crippen molar-refractivity contribution in [1.29, 1.82) is 0 Å². The summed E-state index contributed by atoms with van der Waals surface area (Å²) in [6, 6.07) is 5.42. The van der Waals surface area contributed by atoms with Crippen LogP contribution in [-0.4, -0.2) is 25.8 Å². The molecular weight excluding hydrogens is 248 g/mol. The fraction of sp³-hybridized carbons (Fsp3) is 0.250. The molecule has 0 aliphatic carbocycles. The van der Waals surface area contributed by atoms with E-state index in [1.807, 2.05) is 6.07 Å². The van der Waals surface area contributed by atoms with Crippen LogP contribution in [0.4, 0.5) is 0 Å². The number of carbonyl (C=O) groups is 1. The summed E-state index contributed by atoms with van der Waals surface area (Å²) in [6.45, 7) is 0.775. The van der Waals surface area contributed by atoms with Crippen LogP contribution in [-0.2, 0) is 4.79 Å². The van der Waals surface area contributed by atoms with Crippen molar-refractivity contribution in [3.8, 4) is 11.5 Å². The SMILES string of the molecule is [N-]=[N+]=NCCNC(=O)C=Cc1ccc2c(c1)OCO2. The highest BCUT2D eigenvalue weighted by Crippen LogP contribution is 2.32. The summed E-state index contributed by atoms with van der Waals surface area (Å²) in [5, 5.41) is 5.91. The molecule has 0 fully saturated rings. The van der Waals surface area contributed by atoms with Crippen LogP contribution in [0.1, 0.15) is 5.56 Å². The molecule has 1 aromatic carbocycles. The molecule has 0 bridgehead atoms. The number of azide groups is 1. The maximum absolute atomic E-state index is 11.4. The lowest BCUT2D eigenvalue weighted by molar-refractivity contribution is -0.116. The number of hydrogen-bond donors (Lipinski definition) is 1. The quantitative estimate of drug-likeness (QED) is 0.287. The molecule has 0 atom stereocenters. The van der Waals surface area contributed by atoms with Gasteiger partial charge in [-0.25, -0.2) is 0 Å². The lowest BCUT2D eigenvalue weighted by Gasteiger charge is -1.99. The molecule has 0 saturated heterocycles. The van der Waals surface area contributed by atoms with Gasteiger partial charge < -0.3 is 14.8 Å². The number of rotatable bonds is 5. The fourth-order valence-corrected chi connectivity index (χ4v) is 1.52. The van der Waals surface area contributed by atoms with E-state index in [0.29, 0.717) is 18.0 Å². The second-order valence-corrected chi connectivity index (χ2v) is 3.69. The molecular formula is C12H12N4O3. The van der Waals surface area contributed by atoms with E-state index in [9.17, 15) is 4.79 Å². The number of nitrogens with one attached hydrogen (secondary N) is 1. The van der Waals surface area contributed by atoms with Gasteiger partial charge in [-0.3, -0.25) is 4.79 Å². The van der Waals surface area contributed by atoms with E-state index in [1.54, 1.807) is 18.2 Å². The van der Waals surface area contributed by atoms with E-state index >= 15 is 0 Å². The minimum Gasteiger partial charge on any atom is -0.454 e. The number of amides is 1. The Hall–Kier alpha value is -2.66. The van der Waals surface area contributed by atoms with Crippen LogP contribution in [0.5, 0.6) is 11.5 Å². The van der Waals surface area contributed by atoms with Crippen molar-refractivity contribution < 1.29 is 14.3 Å². The summed E-state index contributed by atoms with van der Waals surface area (Å²) in [7, 11) is 0. The third-order valence-electron chi connectivity index (χ3n) is 2.40. The van der Waals surface area contributed by atoms with E-state index in [2.05, 4.69) is 15.3 Å². The van der Waals surface area contributed by atoms with Crippen LogP contribution in [0.2, 0.25) is 0 Å². The van der Waals surface area contributed by atoms with Gasteiger partial charge in [0, 0.05) is 24.1 Å². The Balaban J connectivity index is 1.87. The van der Waals surface area contributed by atoms with Gasteiger partial charge in [-0.1, -0.05) is 11.2 Å². The van der Waals surface area contributed by atoms with Crippen LogP contribution in [0.25, 0.3) is 16.5 Å². The average molecular weight is 260 g/mol. The first-order valence-electron chi connectivity index (χ1n) is 5.66. The second-order valence-electron chi connectivity index (χ2n) is 3.69. The van der Waals surface area contributed by atoms with Crippen molar-refractivity contribution in [2.75, 3.05) is 19.9 Å². The number of hydrogen-bond acceptors (Lipinski definition) is 4. The third kappa shape index (κ3) is 3.65. The number of carbonyl (C=O) groups excluding carboxylic acids is 1. The maximum atomic E-state index is 11.4. The predicted molar refractivity (Wildman–Crippen MR) is 68.6 cm³/mol. The van der Waals surface area contributed by atoms with Gasteiger partial charge in [0.05, 0.1) is 0 Å². The molecule has 0 aromatic heterocycles. The Labute approximate surface area is 109 Å². The molecule has 0 spiro atoms. The van der Waals surface area contributed by atoms with Gasteiger partial charge in [0.15, 0.2) is 11.5 Å². The van der Waals surface area contributed by atoms with Crippen LogP contribution in [0, 0.1) is 0 Å². The number of nitrogens with zero attached hydrogens (tertiary/aromatic N) is 3. The molecule has 2 rings (SSSR count). The first-order valence-corrected chi connectivity index (χ1v) is 5.66. The zero-order valence-corrected chi connectivity index (χ0v) is 10.1. The zero-order chi connectivity index (χ0) is 13.5. The molecule has 1 aliphatic rings. The van der Waals surface area contributed by atoms with Crippen LogP contribution in [0.15, 0.2) is 29.4 Å². The van der Waals surface area contributed by atoms with E-state index in [0.717, 1.165) is 5.56 Å². The van der Waals surface area contributed by atoms with Gasteiger partial charge in [-0.05, 0) is 29.3 Å². The van der Waals surface area contributed by atoms with Crippen molar-refractivity contribution >= 4 is 12.0 Å². The third-order valence-corrected chi connectivity index (χ3v) is 2.40. The average Bonchev–Trinajstić information content (AvgIpc) is 2.89. The molecule has 7 heteroatoms. The largest absolute Gasteiger partial charge is 0.454 e. The van der Waals surface area contributed by atoms with Crippen molar-refractivity contribution in [2.45, 2.75) is 0 Å². The summed E-state index contributed by atoms with van der Waals surface area (Å²) < 4.78 is 10.4. The molecule has 1 amide bonds. The first kappa shape index (κ1) is 12.8. The van der Waals surface area contributed by atoms with Gasteiger partial charge in [0.1, 0.15) is 0 Å². The lowest BCUT2D eigenvalue weighted by atomic mass is 10.2. The monoisotopic (exact) mass is 260 g/mol. The van der Waals surface area contributed by atoms with Crippen LogP contribution >= 0.6 is 0 Å². The van der Waals surface area contributed by atoms with Crippen LogP contribution in [0.3, 0.4) is 0 Å². The Morgan fingerprint density at radius 2 is 2.32 bits per heavy atom. The number of fused-ring (bicyclic) bond motifs is 1. The fourth-order valence-electron chi connectivity index (χ4n) is 1.52. The highest BCUT2D eigenvalue weighted by Gasteiger charge is 2.12. The van der Waals surface area contributed by atoms with E-state index in [4.69, 9.17) is 15.0 Å². The summed E-state index contributed by atoms with van der Waals surface area (Å²) in [4.78, 5) is 14.0. The lowest BCUT2D eigenvalue weighted by Crippen LogP contribution is -2.23. The first-order chi connectivity index (χ1) is 9.29. The highest BCUT2D eigenvalue weighted by atomic mass is 16.7. The van der Waals surface area contributed by atoms with Gasteiger partial charge in [0.2, 0.25) is 12.7 Å². The van der Waals surface area contributed by atoms with Crippen LogP contribution < -0.4 is 14.8 Å². The normalized spacial score (nSPS) is 12.2. The van der Waals surface area contributed by atoms with Gasteiger partial charge in [0.25, 0.3) is 0 Å². The Bertz CT molecular complexity index is 550. The Kier molecular flexibility index (Phi) is 4.25. The maximum Gasteiger partial charge on any atom is 0.243 e. The molecule has 0 unspecified atom stereocenters. The molecule has 1 heterocycles. The highest BCUT2D eigenvalue weighted by molar-refractivity contribution is 5.91. The van der Waals surface area contributed by atoms with Crippen molar-refractivity contribution in [2.24, 2.45) is 5.11 Å². The van der Waals surface area contributed by atoms with Crippen molar-refractivity contribution in [3.63, 3.8) is 0 Å². The minimum absolute atomic E-state index is 0.225. The van der Waals surface area contributed by atoms with E-state index in [-0.39, 0.29) is 19.2 Å². The van der Waals surface area contributed by atoms with E-state index in [1.165, 1.54) is 6.08 Å². The summed E-state index contributed by atoms with van der Waals surface area (Å²) in [5.74, 6) is 1.13. The molecule has 19 heavy (non-hydrogen) atoms. The second kappa shape index (κ2) is 6.32. The molecule has 1 aromatic rings. The minimum atomic E-state index is -0.245. The standard InChI is InChI=1S/C12H12N4O3/c13-16-15-6-5-14-12(17)4-2-9-1-3-10-11(7-9)19-8-18-10/h1-4,7H,5-6,8H2,(H,14,17). The summed E-state index contributed by atoms with van der Waals surface area (Å²) in [5.41, 5.74) is 8.91. The van der Waals surface area contributed by atoms with E-state index < -0.39 is 0 Å². The van der Waals surface area contributed by atoms with Gasteiger partial charge in [-0.2, -0.15) is 0 Å². The Morgan fingerprint density at radius 3 is 3.16 bits per heavy atom. The Morgan fingerprint density at radius 1 is 1.47 bits per heavy atom. The number of ether oxygens (including phenoxy) is 2. The van der Waals surface area contributed by atoms with Gasteiger partial charge in [-0.15, -0.1) is 0 Å².